The standard InChI is InChI=1S/C15H16F3NO3/c16-15(17,18)12-4-2-6-19(8-12)14(21)10-22-13-5-1-3-11(7-13)9-20/h1,3,5,7,9,12H,2,4,6,8,10H2. The van der Waals surface area contributed by atoms with Gasteiger partial charge in [0.15, 0.2) is 6.61 Å². The van der Waals surface area contributed by atoms with E-state index in [0.717, 1.165) is 0 Å². The van der Waals surface area contributed by atoms with Gasteiger partial charge in [-0.05, 0) is 25.0 Å². The number of rotatable bonds is 4. The lowest BCUT2D eigenvalue weighted by molar-refractivity contribution is -0.188. The monoisotopic (exact) mass is 315 g/mol. The molecule has 1 aromatic carbocycles. The highest BCUT2D eigenvalue weighted by Crippen LogP contribution is 2.33. The third-order valence-electron chi connectivity index (χ3n) is 3.59. The van der Waals surface area contributed by atoms with E-state index in [1.165, 1.54) is 11.0 Å². The van der Waals surface area contributed by atoms with Crippen LogP contribution in [0.5, 0.6) is 5.75 Å². The van der Waals surface area contributed by atoms with Gasteiger partial charge in [-0.25, -0.2) is 0 Å². The molecule has 1 heterocycles. The SMILES string of the molecule is O=Cc1cccc(OCC(=O)N2CCCC(C(F)(F)F)C2)c1. The quantitative estimate of drug-likeness (QED) is 0.803. The predicted molar refractivity (Wildman–Crippen MR) is 72.7 cm³/mol. The molecule has 0 bridgehead atoms. The van der Waals surface area contributed by atoms with Crippen LogP contribution in [0.3, 0.4) is 0 Å². The zero-order valence-corrected chi connectivity index (χ0v) is 11.8. The lowest BCUT2D eigenvalue weighted by atomic mass is 9.97. The molecule has 0 spiro atoms. The van der Waals surface area contributed by atoms with E-state index in [9.17, 15) is 22.8 Å². The van der Waals surface area contributed by atoms with E-state index in [2.05, 4.69) is 0 Å². The van der Waals surface area contributed by atoms with Crippen LogP contribution in [0.4, 0.5) is 13.2 Å². The van der Waals surface area contributed by atoms with Crippen molar-refractivity contribution in [2.24, 2.45) is 5.92 Å². The van der Waals surface area contributed by atoms with Crippen LogP contribution in [0.15, 0.2) is 24.3 Å². The van der Waals surface area contributed by atoms with Crippen LogP contribution in [0.1, 0.15) is 23.2 Å². The Kier molecular flexibility index (Phi) is 5.05. The normalized spacial score (nSPS) is 18.9. The third-order valence-corrected chi connectivity index (χ3v) is 3.59. The molecule has 7 heteroatoms. The van der Waals surface area contributed by atoms with Crippen molar-refractivity contribution >= 4 is 12.2 Å². The van der Waals surface area contributed by atoms with Crippen molar-refractivity contribution in [3.05, 3.63) is 29.8 Å². The molecular weight excluding hydrogens is 299 g/mol. The van der Waals surface area contributed by atoms with E-state index in [4.69, 9.17) is 4.74 Å². The van der Waals surface area contributed by atoms with Crippen molar-refractivity contribution in [3.63, 3.8) is 0 Å². The number of aldehydes is 1. The molecule has 2 rings (SSSR count). The van der Waals surface area contributed by atoms with Crippen molar-refractivity contribution in [3.8, 4) is 5.75 Å². The molecule has 0 aromatic heterocycles. The average Bonchev–Trinajstić information content (AvgIpc) is 2.52. The summed E-state index contributed by atoms with van der Waals surface area (Å²) in [4.78, 5) is 23.8. The van der Waals surface area contributed by atoms with Crippen LogP contribution in [-0.4, -0.2) is 43.0 Å². The average molecular weight is 315 g/mol. The Morgan fingerprint density at radius 3 is 2.86 bits per heavy atom. The molecule has 1 amide bonds. The van der Waals surface area contributed by atoms with E-state index >= 15 is 0 Å². The van der Waals surface area contributed by atoms with Crippen LogP contribution in [-0.2, 0) is 4.79 Å². The number of amides is 1. The Morgan fingerprint density at radius 1 is 1.41 bits per heavy atom. The first-order valence-corrected chi connectivity index (χ1v) is 6.92. The molecule has 1 unspecified atom stereocenters. The summed E-state index contributed by atoms with van der Waals surface area (Å²) in [6.07, 6.45) is -3.25. The van der Waals surface area contributed by atoms with Crippen LogP contribution in [0.25, 0.3) is 0 Å². The molecule has 22 heavy (non-hydrogen) atoms. The van der Waals surface area contributed by atoms with Crippen molar-refractivity contribution in [1.82, 2.24) is 4.90 Å². The topological polar surface area (TPSA) is 46.6 Å². The first-order chi connectivity index (χ1) is 10.4. The van der Waals surface area contributed by atoms with Crippen LogP contribution in [0.2, 0.25) is 0 Å². The summed E-state index contributed by atoms with van der Waals surface area (Å²) < 4.78 is 43.4. The minimum atomic E-state index is -4.28. The molecule has 4 nitrogen and oxygen atoms in total. The Bertz CT molecular complexity index is 545. The third kappa shape index (κ3) is 4.22. The maximum atomic E-state index is 12.7. The van der Waals surface area contributed by atoms with Gasteiger partial charge in [-0.2, -0.15) is 13.2 Å². The molecule has 1 aliphatic heterocycles. The smallest absolute Gasteiger partial charge is 0.393 e. The molecule has 1 fully saturated rings. The molecule has 1 aromatic rings. The summed E-state index contributed by atoms with van der Waals surface area (Å²) in [6, 6.07) is 6.23. The van der Waals surface area contributed by atoms with Gasteiger partial charge in [0.1, 0.15) is 12.0 Å². The number of ether oxygens (including phenoxy) is 1. The van der Waals surface area contributed by atoms with Crippen LogP contribution < -0.4 is 4.74 Å². The van der Waals surface area contributed by atoms with Crippen molar-refractivity contribution in [2.75, 3.05) is 19.7 Å². The minimum absolute atomic E-state index is 0.0511. The van der Waals surface area contributed by atoms with Gasteiger partial charge in [0.25, 0.3) is 5.91 Å². The summed E-state index contributed by atoms with van der Waals surface area (Å²) in [7, 11) is 0. The molecule has 120 valence electrons. The minimum Gasteiger partial charge on any atom is -0.484 e. The molecule has 0 radical (unpaired) electrons. The fourth-order valence-corrected chi connectivity index (χ4v) is 2.38. The lowest BCUT2D eigenvalue weighted by Crippen LogP contribution is -2.46. The second-order valence-corrected chi connectivity index (χ2v) is 5.20. The first kappa shape index (κ1) is 16.3. The van der Waals surface area contributed by atoms with E-state index < -0.39 is 18.0 Å². The summed E-state index contributed by atoms with van der Waals surface area (Å²) >= 11 is 0. The predicted octanol–water partition coefficient (Wildman–Crippen LogP) is 2.68. The van der Waals surface area contributed by atoms with Gasteiger partial charge in [-0.3, -0.25) is 9.59 Å². The van der Waals surface area contributed by atoms with Gasteiger partial charge in [-0.1, -0.05) is 12.1 Å². The van der Waals surface area contributed by atoms with Gasteiger partial charge in [0.05, 0.1) is 5.92 Å². The number of alkyl halides is 3. The fourth-order valence-electron chi connectivity index (χ4n) is 2.38. The lowest BCUT2D eigenvalue weighted by Gasteiger charge is -2.33. The van der Waals surface area contributed by atoms with Crippen LogP contribution >= 0.6 is 0 Å². The van der Waals surface area contributed by atoms with Gasteiger partial charge < -0.3 is 9.64 Å². The Balaban J connectivity index is 1.90. The van der Waals surface area contributed by atoms with E-state index in [0.29, 0.717) is 30.6 Å². The number of hydrogen-bond donors (Lipinski definition) is 0. The zero-order chi connectivity index (χ0) is 16.2. The summed E-state index contributed by atoms with van der Waals surface area (Å²) in [5.41, 5.74) is 0.403. The summed E-state index contributed by atoms with van der Waals surface area (Å²) in [5, 5.41) is 0. The number of likely N-dealkylation sites (tertiary alicyclic amines) is 1. The number of hydrogen-bond acceptors (Lipinski definition) is 3. The van der Waals surface area contributed by atoms with E-state index in [1.807, 2.05) is 0 Å². The Morgan fingerprint density at radius 2 is 2.18 bits per heavy atom. The molecule has 1 atom stereocenters. The zero-order valence-electron chi connectivity index (χ0n) is 11.8. The van der Waals surface area contributed by atoms with Gasteiger partial charge >= 0.3 is 6.18 Å². The maximum Gasteiger partial charge on any atom is 0.393 e. The summed E-state index contributed by atoms with van der Waals surface area (Å²) in [6.45, 7) is -0.351. The number of nitrogens with zero attached hydrogens (tertiary/aromatic N) is 1. The highest BCUT2D eigenvalue weighted by Gasteiger charge is 2.42. The highest BCUT2D eigenvalue weighted by molar-refractivity contribution is 5.78. The first-order valence-electron chi connectivity index (χ1n) is 6.92. The second-order valence-electron chi connectivity index (χ2n) is 5.20. The number of halogens is 3. The van der Waals surface area contributed by atoms with E-state index in [-0.39, 0.29) is 19.6 Å². The fraction of sp³-hybridized carbons (Fsp3) is 0.467. The van der Waals surface area contributed by atoms with Crippen LogP contribution in [0, 0.1) is 5.92 Å². The molecule has 0 aliphatic carbocycles. The number of carbonyl (C=O) groups is 2. The molecule has 1 saturated heterocycles. The van der Waals surface area contributed by atoms with Crippen molar-refractivity contribution in [1.29, 1.82) is 0 Å². The van der Waals surface area contributed by atoms with E-state index in [1.54, 1.807) is 18.2 Å². The Hall–Kier alpha value is -2.05. The summed E-state index contributed by atoms with van der Waals surface area (Å²) in [5.74, 6) is -1.61. The second kappa shape index (κ2) is 6.81. The van der Waals surface area contributed by atoms with Crippen molar-refractivity contribution in [2.45, 2.75) is 19.0 Å². The number of benzene rings is 1. The van der Waals surface area contributed by atoms with Gasteiger partial charge in [-0.15, -0.1) is 0 Å². The van der Waals surface area contributed by atoms with Gasteiger partial charge in [0.2, 0.25) is 0 Å². The number of carbonyl (C=O) groups excluding carboxylic acids is 2. The molecule has 1 aliphatic rings. The molecular formula is C15H16F3NO3. The number of piperidine rings is 1. The van der Waals surface area contributed by atoms with Crippen molar-refractivity contribution < 1.29 is 27.5 Å². The Labute approximate surface area is 125 Å². The van der Waals surface area contributed by atoms with Gasteiger partial charge in [0, 0.05) is 18.7 Å². The highest BCUT2D eigenvalue weighted by atomic mass is 19.4. The molecule has 0 N–H and O–H groups in total. The maximum absolute atomic E-state index is 12.7. The molecule has 0 saturated carbocycles. The largest absolute Gasteiger partial charge is 0.484 e.